The van der Waals surface area contributed by atoms with Crippen LogP contribution in [0.3, 0.4) is 0 Å². The summed E-state index contributed by atoms with van der Waals surface area (Å²) in [6.07, 6.45) is 6.94. The quantitative estimate of drug-likeness (QED) is 0.691. The standard InChI is InChI=1S/C10H15NO/c1-2-5-9(11-7-3-1)10-6-4-8-12-10/h4,6,8-9,11H,1-3,5,7H2. The van der Waals surface area contributed by atoms with Crippen molar-refractivity contribution in [2.24, 2.45) is 0 Å². The molecule has 0 amide bonds. The summed E-state index contributed by atoms with van der Waals surface area (Å²) in [4.78, 5) is 0. The zero-order valence-corrected chi connectivity index (χ0v) is 7.25. The van der Waals surface area contributed by atoms with Crippen LogP contribution < -0.4 is 5.32 Å². The van der Waals surface area contributed by atoms with Crippen LogP contribution in [0.2, 0.25) is 0 Å². The Balaban J connectivity index is 2.02. The van der Waals surface area contributed by atoms with Gasteiger partial charge >= 0.3 is 0 Å². The lowest BCUT2D eigenvalue weighted by Crippen LogP contribution is -2.19. The van der Waals surface area contributed by atoms with Gasteiger partial charge in [-0.1, -0.05) is 12.8 Å². The predicted octanol–water partition coefficient (Wildman–Crippen LogP) is 2.48. The fraction of sp³-hybridized carbons (Fsp3) is 0.600. The molecule has 1 saturated heterocycles. The molecule has 0 aliphatic carbocycles. The molecule has 1 aromatic rings. The molecule has 0 bridgehead atoms. The van der Waals surface area contributed by atoms with Crippen molar-refractivity contribution in [2.45, 2.75) is 31.7 Å². The first-order valence-electron chi connectivity index (χ1n) is 4.73. The zero-order valence-electron chi connectivity index (χ0n) is 7.25. The maximum Gasteiger partial charge on any atom is 0.120 e. The van der Waals surface area contributed by atoms with Gasteiger partial charge in [-0.3, -0.25) is 0 Å². The van der Waals surface area contributed by atoms with Gasteiger partial charge in [0.2, 0.25) is 0 Å². The number of hydrogen-bond donors (Lipinski definition) is 1. The van der Waals surface area contributed by atoms with Gasteiger partial charge in [0.15, 0.2) is 0 Å². The van der Waals surface area contributed by atoms with E-state index >= 15 is 0 Å². The molecule has 0 spiro atoms. The SMILES string of the molecule is c1coc(C2CCCCCN2)c1. The van der Waals surface area contributed by atoms with Crippen LogP contribution >= 0.6 is 0 Å². The van der Waals surface area contributed by atoms with Gasteiger partial charge in [-0.15, -0.1) is 0 Å². The molecule has 1 fully saturated rings. The van der Waals surface area contributed by atoms with E-state index in [2.05, 4.69) is 11.4 Å². The van der Waals surface area contributed by atoms with Gasteiger partial charge in [0.05, 0.1) is 12.3 Å². The number of hydrogen-bond acceptors (Lipinski definition) is 2. The van der Waals surface area contributed by atoms with E-state index in [1.165, 1.54) is 25.7 Å². The highest BCUT2D eigenvalue weighted by molar-refractivity contribution is 5.04. The summed E-state index contributed by atoms with van der Waals surface area (Å²) in [6.45, 7) is 1.13. The fourth-order valence-corrected chi connectivity index (χ4v) is 1.76. The van der Waals surface area contributed by atoms with Crippen molar-refractivity contribution in [2.75, 3.05) is 6.54 Å². The third-order valence-electron chi connectivity index (χ3n) is 2.45. The molecule has 1 N–H and O–H groups in total. The van der Waals surface area contributed by atoms with Crippen molar-refractivity contribution in [3.63, 3.8) is 0 Å². The number of nitrogens with one attached hydrogen (secondary N) is 1. The Morgan fingerprint density at radius 1 is 1.33 bits per heavy atom. The Hall–Kier alpha value is -0.760. The molecule has 1 aromatic heterocycles. The lowest BCUT2D eigenvalue weighted by Gasteiger charge is -2.11. The van der Waals surface area contributed by atoms with Crippen LogP contribution in [0.1, 0.15) is 37.5 Å². The molecule has 12 heavy (non-hydrogen) atoms. The molecule has 66 valence electrons. The van der Waals surface area contributed by atoms with Crippen molar-refractivity contribution < 1.29 is 4.42 Å². The van der Waals surface area contributed by atoms with E-state index in [0.29, 0.717) is 6.04 Å². The van der Waals surface area contributed by atoms with E-state index in [9.17, 15) is 0 Å². The van der Waals surface area contributed by atoms with Crippen LogP contribution in [0.25, 0.3) is 0 Å². The van der Waals surface area contributed by atoms with Gasteiger partial charge in [-0.05, 0) is 31.5 Å². The van der Waals surface area contributed by atoms with Gasteiger partial charge in [0, 0.05) is 0 Å². The Bertz CT molecular complexity index is 210. The van der Waals surface area contributed by atoms with Gasteiger partial charge < -0.3 is 9.73 Å². The van der Waals surface area contributed by atoms with Crippen molar-refractivity contribution in [3.8, 4) is 0 Å². The molecule has 2 heteroatoms. The Labute approximate surface area is 73.0 Å². The van der Waals surface area contributed by atoms with E-state index in [0.717, 1.165) is 12.3 Å². The predicted molar refractivity (Wildman–Crippen MR) is 47.9 cm³/mol. The Morgan fingerprint density at radius 3 is 3.17 bits per heavy atom. The van der Waals surface area contributed by atoms with E-state index in [1.54, 1.807) is 6.26 Å². The molecule has 2 nitrogen and oxygen atoms in total. The van der Waals surface area contributed by atoms with Crippen molar-refractivity contribution in [1.29, 1.82) is 0 Å². The van der Waals surface area contributed by atoms with Crippen molar-refractivity contribution in [1.82, 2.24) is 5.32 Å². The highest BCUT2D eigenvalue weighted by Crippen LogP contribution is 2.22. The van der Waals surface area contributed by atoms with Crippen molar-refractivity contribution >= 4 is 0 Å². The fourth-order valence-electron chi connectivity index (χ4n) is 1.76. The van der Waals surface area contributed by atoms with Gasteiger partial charge in [-0.2, -0.15) is 0 Å². The van der Waals surface area contributed by atoms with Gasteiger partial charge in [0.25, 0.3) is 0 Å². The third-order valence-corrected chi connectivity index (χ3v) is 2.45. The molecule has 1 unspecified atom stereocenters. The van der Waals surface area contributed by atoms with Crippen LogP contribution in [0.15, 0.2) is 22.8 Å². The summed E-state index contributed by atoms with van der Waals surface area (Å²) in [5.41, 5.74) is 0. The largest absolute Gasteiger partial charge is 0.468 e. The molecule has 0 aromatic carbocycles. The molecular formula is C10H15NO. The van der Waals surface area contributed by atoms with Crippen LogP contribution in [-0.4, -0.2) is 6.54 Å². The van der Waals surface area contributed by atoms with Gasteiger partial charge in [0.1, 0.15) is 5.76 Å². The van der Waals surface area contributed by atoms with E-state index < -0.39 is 0 Å². The van der Waals surface area contributed by atoms with E-state index in [-0.39, 0.29) is 0 Å². The maximum atomic E-state index is 5.37. The molecule has 0 saturated carbocycles. The molecule has 1 atom stereocenters. The topological polar surface area (TPSA) is 25.2 Å². The lowest BCUT2D eigenvalue weighted by atomic mass is 10.1. The molecule has 1 aliphatic heterocycles. The van der Waals surface area contributed by atoms with Crippen molar-refractivity contribution in [3.05, 3.63) is 24.2 Å². The molecule has 0 radical (unpaired) electrons. The first-order valence-corrected chi connectivity index (χ1v) is 4.73. The lowest BCUT2D eigenvalue weighted by molar-refractivity contribution is 0.409. The second kappa shape index (κ2) is 3.76. The third kappa shape index (κ3) is 1.69. The maximum absolute atomic E-state index is 5.37. The molecular weight excluding hydrogens is 150 g/mol. The summed E-state index contributed by atoms with van der Waals surface area (Å²) >= 11 is 0. The summed E-state index contributed by atoms with van der Waals surface area (Å²) in [7, 11) is 0. The second-order valence-corrected chi connectivity index (χ2v) is 3.37. The highest BCUT2D eigenvalue weighted by Gasteiger charge is 2.14. The zero-order chi connectivity index (χ0) is 8.23. The van der Waals surface area contributed by atoms with E-state index in [1.807, 2.05) is 6.07 Å². The minimum Gasteiger partial charge on any atom is -0.468 e. The monoisotopic (exact) mass is 165 g/mol. The Kier molecular flexibility index (Phi) is 2.47. The smallest absolute Gasteiger partial charge is 0.120 e. The minimum absolute atomic E-state index is 0.461. The molecule has 2 rings (SSSR count). The summed E-state index contributed by atoms with van der Waals surface area (Å²) in [5, 5.41) is 3.49. The average Bonchev–Trinajstić information content (AvgIpc) is 2.48. The Morgan fingerprint density at radius 2 is 2.33 bits per heavy atom. The van der Waals surface area contributed by atoms with Gasteiger partial charge in [-0.25, -0.2) is 0 Å². The van der Waals surface area contributed by atoms with Crippen LogP contribution in [0.5, 0.6) is 0 Å². The minimum atomic E-state index is 0.461. The highest BCUT2D eigenvalue weighted by atomic mass is 16.3. The number of rotatable bonds is 1. The summed E-state index contributed by atoms with van der Waals surface area (Å²) in [6, 6.07) is 4.48. The summed E-state index contributed by atoms with van der Waals surface area (Å²) in [5.74, 6) is 1.09. The summed E-state index contributed by atoms with van der Waals surface area (Å²) < 4.78 is 5.37. The average molecular weight is 165 g/mol. The molecule has 2 heterocycles. The number of furan rings is 1. The van der Waals surface area contributed by atoms with Crippen LogP contribution in [-0.2, 0) is 0 Å². The first-order chi connectivity index (χ1) is 5.97. The first kappa shape index (κ1) is 7.87. The normalized spacial score (nSPS) is 25.2. The van der Waals surface area contributed by atoms with E-state index in [4.69, 9.17) is 4.42 Å². The second-order valence-electron chi connectivity index (χ2n) is 3.37. The van der Waals surface area contributed by atoms with Crippen LogP contribution in [0, 0.1) is 0 Å². The van der Waals surface area contributed by atoms with Crippen LogP contribution in [0.4, 0.5) is 0 Å². The molecule has 1 aliphatic rings.